The lowest BCUT2D eigenvalue weighted by molar-refractivity contribution is 0.570. The topological polar surface area (TPSA) is 72.2 Å². The predicted octanol–water partition coefficient (Wildman–Crippen LogP) is 2.43. The van der Waals surface area contributed by atoms with Gasteiger partial charge in [0, 0.05) is 15.9 Å². The fraction of sp³-hybridized carbons (Fsp3) is 0.200. The molecule has 0 radical (unpaired) electrons. The van der Waals surface area contributed by atoms with E-state index in [1.807, 2.05) is 24.4 Å². The normalized spacial score (nSPS) is 13.7. The predicted molar refractivity (Wildman–Crippen MR) is 71.8 cm³/mol. The molecule has 17 heavy (non-hydrogen) atoms. The standard InChI is InChI=1S/C10H12N2O2S3/c1-7(9-3-2-4-15-9)12-17(13,14)10-5-8(11)6-16-10/h2-7,12H,11H2,1H3. The van der Waals surface area contributed by atoms with Crippen molar-refractivity contribution in [2.75, 3.05) is 5.73 Å². The fourth-order valence-corrected chi connectivity index (χ4v) is 4.49. The molecule has 2 aromatic heterocycles. The van der Waals surface area contributed by atoms with Gasteiger partial charge in [0.15, 0.2) is 0 Å². The van der Waals surface area contributed by atoms with Crippen LogP contribution in [-0.4, -0.2) is 8.42 Å². The minimum atomic E-state index is -3.47. The van der Waals surface area contributed by atoms with Crippen molar-refractivity contribution in [2.24, 2.45) is 0 Å². The second-order valence-corrected chi connectivity index (χ2v) is 7.39. The summed E-state index contributed by atoms with van der Waals surface area (Å²) in [5.41, 5.74) is 5.99. The maximum Gasteiger partial charge on any atom is 0.250 e. The molecule has 0 saturated heterocycles. The Bertz CT molecular complexity index is 587. The summed E-state index contributed by atoms with van der Waals surface area (Å²) in [6.07, 6.45) is 0. The molecule has 0 amide bonds. The van der Waals surface area contributed by atoms with E-state index in [9.17, 15) is 8.42 Å². The van der Waals surface area contributed by atoms with Crippen molar-refractivity contribution in [1.29, 1.82) is 0 Å². The quantitative estimate of drug-likeness (QED) is 0.907. The van der Waals surface area contributed by atoms with E-state index in [1.165, 1.54) is 17.4 Å². The van der Waals surface area contributed by atoms with Crippen molar-refractivity contribution < 1.29 is 8.42 Å². The van der Waals surface area contributed by atoms with Crippen LogP contribution in [0.3, 0.4) is 0 Å². The molecular weight excluding hydrogens is 276 g/mol. The van der Waals surface area contributed by atoms with Gasteiger partial charge in [0.25, 0.3) is 10.0 Å². The summed E-state index contributed by atoms with van der Waals surface area (Å²) in [5, 5.41) is 3.54. The summed E-state index contributed by atoms with van der Waals surface area (Å²) in [6, 6.07) is 5.03. The van der Waals surface area contributed by atoms with Crippen molar-refractivity contribution in [3.05, 3.63) is 33.8 Å². The molecule has 1 unspecified atom stereocenters. The van der Waals surface area contributed by atoms with Gasteiger partial charge in [0.2, 0.25) is 0 Å². The van der Waals surface area contributed by atoms with Crippen molar-refractivity contribution in [2.45, 2.75) is 17.2 Å². The Hall–Kier alpha value is -0.890. The van der Waals surface area contributed by atoms with Crippen LogP contribution in [0, 0.1) is 0 Å². The number of nitrogens with one attached hydrogen (secondary N) is 1. The second kappa shape index (κ2) is 4.77. The van der Waals surface area contributed by atoms with Crippen molar-refractivity contribution >= 4 is 38.4 Å². The maximum atomic E-state index is 12.0. The highest BCUT2D eigenvalue weighted by atomic mass is 32.2. The van der Waals surface area contributed by atoms with Crippen LogP contribution >= 0.6 is 22.7 Å². The first-order chi connectivity index (χ1) is 7.99. The molecule has 92 valence electrons. The fourth-order valence-electron chi connectivity index (χ4n) is 1.36. The molecule has 7 heteroatoms. The Morgan fingerprint density at radius 2 is 2.18 bits per heavy atom. The molecule has 0 aliphatic carbocycles. The van der Waals surface area contributed by atoms with Crippen LogP contribution in [0.15, 0.2) is 33.2 Å². The number of sulfonamides is 1. The number of nitrogens with two attached hydrogens (primary N) is 1. The summed E-state index contributed by atoms with van der Waals surface area (Å²) in [4.78, 5) is 0.984. The van der Waals surface area contributed by atoms with E-state index in [4.69, 9.17) is 5.73 Å². The van der Waals surface area contributed by atoms with Crippen LogP contribution in [0.1, 0.15) is 17.8 Å². The lowest BCUT2D eigenvalue weighted by atomic mass is 10.3. The lowest BCUT2D eigenvalue weighted by Gasteiger charge is -2.11. The van der Waals surface area contributed by atoms with Gasteiger partial charge in [0.05, 0.1) is 6.04 Å². The van der Waals surface area contributed by atoms with Crippen LogP contribution in [0.4, 0.5) is 5.69 Å². The molecule has 0 saturated carbocycles. The van der Waals surface area contributed by atoms with Gasteiger partial charge >= 0.3 is 0 Å². The van der Waals surface area contributed by atoms with Crippen LogP contribution in [-0.2, 0) is 10.0 Å². The molecule has 0 spiro atoms. The third-order valence-corrected chi connectivity index (χ3v) is 6.22. The van der Waals surface area contributed by atoms with Crippen LogP contribution in [0.25, 0.3) is 0 Å². The van der Waals surface area contributed by atoms with Crippen molar-refractivity contribution in [1.82, 2.24) is 4.72 Å². The van der Waals surface area contributed by atoms with Crippen molar-refractivity contribution in [3.63, 3.8) is 0 Å². The summed E-state index contributed by atoms with van der Waals surface area (Å²) in [6.45, 7) is 1.82. The Labute approximate surface area is 108 Å². The molecule has 2 aromatic rings. The van der Waals surface area contributed by atoms with E-state index >= 15 is 0 Å². The second-order valence-electron chi connectivity index (χ2n) is 3.56. The Kier molecular flexibility index (Phi) is 3.53. The largest absolute Gasteiger partial charge is 0.398 e. The number of nitrogen functional groups attached to an aromatic ring is 1. The summed E-state index contributed by atoms with van der Waals surface area (Å²) >= 11 is 2.65. The molecule has 0 aliphatic rings. The summed E-state index contributed by atoms with van der Waals surface area (Å²) < 4.78 is 26.9. The average molecular weight is 288 g/mol. The SMILES string of the molecule is CC(NS(=O)(=O)c1cc(N)cs1)c1cccs1. The molecule has 0 aliphatic heterocycles. The lowest BCUT2D eigenvalue weighted by Crippen LogP contribution is -2.25. The van der Waals surface area contributed by atoms with E-state index in [0.29, 0.717) is 5.69 Å². The van der Waals surface area contributed by atoms with Crippen LogP contribution in [0.2, 0.25) is 0 Å². The molecule has 0 bridgehead atoms. The number of hydrogen-bond acceptors (Lipinski definition) is 5. The van der Waals surface area contributed by atoms with Crippen LogP contribution < -0.4 is 10.5 Å². The number of thiophene rings is 2. The Morgan fingerprint density at radius 1 is 1.41 bits per heavy atom. The molecule has 2 rings (SSSR count). The maximum absolute atomic E-state index is 12.0. The number of anilines is 1. The smallest absolute Gasteiger partial charge is 0.250 e. The monoisotopic (exact) mass is 288 g/mol. The van der Waals surface area contributed by atoms with Gasteiger partial charge in [-0.25, -0.2) is 13.1 Å². The van der Waals surface area contributed by atoms with E-state index in [0.717, 1.165) is 16.2 Å². The van der Waals surface area contributed by atoms with E-state index < -0.39 is 10.0 Å². The zero-order chi connectivity index (χ0) is 12.5. The first kappa shape index (κ1) is 12.6. The van der Waals surface area contributed by atoms with Gasteiger partial charge in [0.1, 0.15) is 4.21 Å². The third kappa shape index (κ3) is 2.86. The first-order valence-electron chi connectivity index (χ1n) is 4.89. The minimum absolute atomic E-state index is 0.233. The van der Waals surface area contributed by atoms with Crippen LogP contribution in [0.5, 0.6) is 0 Å². The minimum Gasteiger partial charge on any atom is -0.398 e. The zero-order valence-corrected chi connectivity index (χ0v) is 11.5. The van der Waals surface area contributed by atoms with Gasteiger partial charge in [-0.15, -0.1) is 22.7 Å². The molecule has 4 nitrogen and oxygen atoms in total. The Balaban J connectivity index is 2.18. The molecular formula is C10H12N2O2S3. The molecule has 0 fully saturated rings. The number of hydrogen-bond donors (Lipinski definition) is 2. The molecule has 3 N–H and O–H groups in total. The summed E-state index contributed by atoms with van der Waals surface area (Å²) in [5.74, 6) is 0. The summed E-state index contributed by atoms with van der Waals surface area (Å²) in [7, 11) is -3.47. The van der Waals surface area contributed by atoms with Gasteiger partial charge in [-0.05, 0) is 24.4 Å². The number of rotatable bonds is 4. The van der Waals surface area contributed by atoms with Gasteiger partial charge in [-0.1, -0.05) is 6.07 Å². The Morgan fingerprint density at radius 3 is 2.71 bits per heavy atom. The van der Waals surface area contributed by atoms with E-state index in [2.05, 4.69) is 4.72 Å². The highest BCUT2D eigenvalue weighted by Crippen LogP contribution is 2.25. The molecule has 2 heterocycles. The van der Waals surface area contributed by atoms with Gasteiger partial charge in [-0.3, -0.25) is 0 Å². The highest BCUT2D eigenvalue weighted by molar-refractivity contribution is 7.91. The van der Waals surface area contributed by atoms with E-state index in [-0.39, 0.29) is 10.3 Å². The average Bonchev–Trinajstić information content (AvgIpc) is 2.86. The molecule has 1 atom stereocenters. The highest BCUT2D eigenvalue weighted by Gasteiger charge is 2.20. The van der Waals surface area contributed by atoms with Gasteiger partial charge < -0.3 is 5.73 Å². The first-order valence-corrected chi connectivity index (χ1v) is 8.13. The van der Waals surface area contributed by atoms with Crippen molar-refractivity contribution in [3.8, 4) is 0 Å². The zero-order valence-electron chi connectivity index (χ0n) is 9.08. The third-order valence-electron chi connectivity index (χ3n) is 2.16. The van der Waals surface area contributed by atoms with Gasteiger partial charge in [-0.2, -0.15) is 0 Å². The molecule has 0 aromatic carbocycles. The van der Waals surface area contributed by atoms with E-state index in [1.54, 1.807) is 5.38 Å².